The number of fused-ring (bicyclic) bond motifs is 1. The SMILES string of the molecule is OC1CCc2cccnc2C1c1ccc(F)cc1. The van der Waals surface area contributed by atoms with Crippen molar-refractivity contribution in [3.8, 4) is 0 Å². The Balaban J connectivity index is 2.07. The fourth-order valence-corrected chi connectivity index (χ4v) is 2.64. The maximum atomic E-state index is 13.0. The van der Waals surface area contributed by atoms with Gasteiger partial charge >= 0.3 is 0 Å². The van der Waals surface area contributed by atoms with E-state index >= 15 is 0 Å². The molecule has 2 atom stereocenters. The molecule has 1 aliphatic rings. The minimum Gasteiger partial charge on any atom is -0.392 e. The molecule has 0 spiro atoms. The van der Waals surface area contributed by atoms with Crippen molar-refractivity contribution < 1.29 is 9.50 Å². The molecule has 92 valence electrons. The van der Waals surface area contributed by atoms with Gasteiger partial charge in [-0.3, -0.25) is 4.98 Å². The van der Waals surface area contributed by atoms with E-state index in [4.69, 9.17) is 0 Å². The first-order valence-electron chi connectivity index (χ1n) is 6.13. The Kier molecular flexibility index (Phi) is 2.84. The first-order chi connectivity index (χ1) is 8.75. The van der Waals surface area contributed by atoms with E-state index in [9.17, 15) is 9.50 Å². The predicted molar refractivity (Wildman–Crippen MR) is 66.8 cm³/mol. The molecule has 1 N–H and O–H groups in total. The standard InChI is InChI=1S/C15H14FNO/c16-12-6-3-10(4-7-12)14-13(18)8-5-11-2-1-9-17-15(11)14/h1-4,6-7,9,13-14,18H,5,8H2. The van der Waals surface area contributed by atoms with Crippen molar-refractivity contribution in [2.45, 2.75) is 24.9 Å². The molecule has 0 fully saturated rings. The second-order valence-corrected chi connectivity index (χ2v) is 4.68. The van der Waals surface area contributed by atoms with Crippen molar-refractivity contribution in [2.75, 3.05) is 0 Å². The molecule has 1 aromatic heterocycles. The number of hydrogen-bond acceptors (Lipinski definition) is 2. The van der Waals surface area contributed by atoms with Crippen molar-refractivity contribution in [3.05, 3.63) is 65.2 Å². The zero-order chi connectivity index (χ0) is 12.5. The van der Waals surface area contributed by atoms with Gasteiger partial charge in [-0.05, 0) is 42.2 Å². The summed E-state index contributed by atoms with van der Waals surface area (Å²) in [4.78, 5) is 4.40. The highest BCUT2D eigenvalue weighted by Crippen LogP contribution is 2.35. The molecule has 2 nitrogen and oxygen atoms in total. The molecule has 18 heavy (non-hydrogen) atoms. The molecule has 2 unspecified atom stereocenters. The van der Waals surface area contributed by atoms with Gasteiger partial charge in [-0.25, -0.2) is 4.39 Å². The lowest BCUT2D eigenvalue weighted by atomic mass is 9.80. The number of benzene rings is 1. The lowest BCUT2D eigenvalue weighted by Gasteiger charge is -2.29. The Hall–Kier alpha value is -1.74. The molecular formula is C15H14FNO. The first-order valence-corrected chi connectivity index (χ1v) is 6.13. The van der Waals surface area contributed by atoms with Crippen LogP contribution in [0.2, 0.25) is 0 Å². The van der Waals surface area contributed by atoms with E-state index in [1.165, 1.54) is 17.7 Å². The van der Waals surface area contributed by atoms with Gasteiger partial charge in [-0.1, -0.05) is 18.2 Å². The molecular weight excluding hydrogens is 229 g/mol. The third-order valence-electron chi connectivity index (χ3n) is 3.54. The van der Waals surface area contributed by atoms with Crippen LogP contribution in [0.3, 0.4) is 0 Å². The van der Waals surface area contributed by atoms with Crippen LogP contribution in [0.25, 0.3) is 0 Å². The summed E-state index contributed by atoms with van der Waals surface area (Å²) in [5, 5.41) is 10.2. The van der Waals surface area contributed by atoms with Crippen LogP contribution in [-0.2, 0) is 6.42 Å². The number of aliphatic hydroxyl groups is 1. The van der Waals surface area contributed by atoms with Crippen molar-refractivity contribution >= 4 is 0 Å². The van der Waals surface area contributed by atoms with Crippen molar-refractivity contribution in [3.63, 3.8) is 0 Å². The fraction of sp³-hybridized carbons (Fsp3) is 0.267. The van der Waals surface area contributed by atoms with E-state index in [1.54, 1.807) is 18.3 Å². The van der Waals surface area contributed by atoms with Gasteiger partial charge < -0.3 is 5.11 Å². The minimum atomic E-state index is -0.446. The third-order valence-corrected chi connectivity index (χ3v) is 3.54. The van der Waals surface area contributed by atoms with Crippen LogP contribution in [0.1, 0.15) is 29.2 Å². The second kappa shape index (κ2) is 4.50. The summed E-state index contributed by atoms with van der Waals surface area (Å²) in [7, 11) is 0. The Bertz CT molecular complexity index is 553. The molecule has 0 radical (unpaired) electrons. The van der Waals surface area contributed by atoms with E-state index in [-0.39, 0.29) is 11.7 Å². The van der Waals surface area contributed by atoms with Gasteiger partial charge in [0.25, 0.3) is 0 Å². The summed E-state index contributed by atoms with van der Waals surface area (Å²) >= 11 is 0. The monoisotopic (exact) mass is 243 g/mol. The number of aromatic nitrogens is 1. The van der Waals surface area contributed by atoms with Gasteiger partial charge in [0.2, 0.25) is 0 Å². The number of nitrogens with zero attached hydrogens (tertiary/aromatic N) is 1. The van der Waals surface area contributed by atoms with Gasteiger partial charge in [-0.2, -0.15) is 0 Å². The van der Waals surface area contributed by atoms with Gasteiger partial charge in [0.15, 0.2) is 0 Å². The number of aryl methyl sites for hydroxylation is 1. The maximum absolute atomic E-state index is 13.0. The van der Waals surface area contributed by atoms with E-state index < -0.39 is 6.10 Å². The average Bonchev–Trinajstić information content (AvgIpc) is 2.40. The highest BCUT2D eigenvalue weighted by Gasteiger charge is 2.30. The van der Waals surface area contributed by atoms with Gasteiger partial charge in [0, 0.05) is 6.20 Å². The molecule has 0 aliphatic heterocycles. The fourth-order valence-electron chi connectivity index (χ4n) is 2.64. The summed E-state index contributed by atoms with van der Waals surface area (Å²) in [6.45, 7) is 0. The Labute approximate surface area is 105 Å². The predicted octanol–water partition coefficient (Wildman–Crippen LogP) is 2.66. The van der Waals surface area contributed by atoms with Crippen LogP contribution >= 0.6 is 0 Å². The summed E-state index contributed by atoms with van der Waals surface area (Å²) in [6.07, 6.45) is 2.87. The summed E-state index contributed by atoms with van der Waals surface area (Å²) < 4.78 is 13.0. The number of hydrogen-bond donors (Lipinski definition) is 1. The average molecular weight is 243 g/mol. The van der Waals surface area contributed by atoms with E-state index in [1.807, 2.05) is 12.1 Å². The lowest BCUT2D eigenvalue weighted by molar-refractivity contribution is 0.138. The van der Waals surface area contributed by atoms with Crippen LogP contribution in [-0.4, -0.2) is 16.2 Å². The molecule has 1 heterocycles. The van der Waals surface area contributed by atoms with Crippen LogP contribution in [0.5, 0.6) is 0 Å². The minimum absolute atomic E-state index is 0.143. The molecule has 3 rings (SSSR count). The maximum Gasteiger partial charge on any atom is 0.123 e. The van der Waals surface area contributed by atoms with Crippen LogP contribution in [0.4, 0.5) is 4.39 Å². The molecule has 0 saturated heterocycles. The van der Waals surface area contributed by atoms with Gasteiger partial charge in [0.05, 0.1) is 17.7 Å². The summed E-state index contributed by atoms with van der Waals surface area (Å²) in [5.74, 6) is -0.402. The number of rotatable bonds is 1. The molecule has 0 amide bonds. The Morgan fingerprint density at radius 1 is 1.17 bits per heavy atom. The van der Waals surface area contributed by atoms with Gasteiger partial charge in [-0.15, -0.1) is 0 Å². The molecule has 3 heteroatoms. The quantitative estimate of drug-likeness (QED) is 0.835. The molecule has 0 saturated carbocycles. The lowest BCUT2D eigenvalue weighted by Crippen LogP contribution is -2.27. The van der Waals surface area contributed by atoms with Crippen molar-refractivity contribution in [2.24, 2.45) is 0 Å². The number of pyridine rings is 1. The van der Waals surface area contributed by atoms with E-state index in [2.05, 4.69) is 4.98 Å². The molecule has 1 aliphatic carbocycles. The molecule has 1 aromatic carbocycles. The second-order valence-electron chi connectivity index (χ2n) is 4.68. The third kappa shape index (κ3) is 1.91. The van der Waals surface area contributed by atoms with Crippen LogP contribution < -0.4 is 0 Å². The smallest absolute Gasteiger partial charge is 0.123 e. The number of aliphatic hydroxyl groups excluding tert-OH is 1. The highest BCUT2D eigenvalue weighted by molar-refractivity contribution is 5.37. The Morgan fingerprint density at radius 3 is 2.72 bits per heavy atom. The zero-order valence-corrected chi connectivity index (χ0v) is 9.88. The van der Waals surface area contributed by atoms with Crippen molar-refractivity contribution in [1.29, 1.82) is 0 Å². The van der Waals surface area contributed by atoms with Gasteiger partial charge in [0.1, 0.15) is 5.82 Å². The van der Waals surface area contributed by atoms with E-state index in [0.717, 1.165) is 24.1 Å². The highest BCUT2D eigenvalue weighted by atomic mass is 19.1. The normalized spacial score (nSPS) is 22.6. The molecule has 0 bridgehead atoms. The number of halogens is 1. The van der Waals surface area contributed by atoms with Crippen molar-refractivity contribution in [1.82, 2.24) is 4.98 Å². The summed E-state index contributed by atoms with van der Waals surface area (Å²) in [6, 6.07) is 10.3. The first kappa shape index (κ1) is 11.4. The largest absolute Gasteiger partial charge is 0.392 e. The zero-order valence-electron chi connectivity index (χ0n) is 9.88. The molecule has 2 aromatic rings. The van der Waals surface area contributed by atoms with Crippen LogP contribution in [0, 0.1) is 5.82 Å². The van der Waals surface area contributed by atoms with E-state index in [0.29, 0.717) is 0 Å². The summed E-state index contributed by atoms with van der Waals surface area (Å²) in [5.41, 5.74) is 3.02. The van der Waals surface area contributed by atoms with Crippen LogP contribution in [0.15, 0.2) is 42.6 Å². The Morgan fingerprint density at radius 2 is 1.94 bits per heavy atom. The topological polar surface area (TPSA) is 33.1 Å².